The zero-order chi connectivity index (χ0) is 24.9. The van der Waals surface area contributed by atoms with Crippen molar-refractivity contribution >= 4 is 35.0 Å². The number of nitrogens with zero attached hydrogens (tertiary/aromatic N) is 7. The Morgan fingerprint density at radius 2 is 1.92 bits per heavy atom. The predicted molar refractivity (Wildman–Crippen MR) is 138 cm³/mol. The minimum absolute atomic E-state index is 0.0453. The molecule has 1 aromatic carbocycles. The van der Waals surface area contributed by atoms with Crippen molar-refractivity contribution in [2.45, 2.75) is 25.8 Å². The van der Waals surface area contributed by atoms with Crippen LogP contribution in [0.1, 0.15) is 24.8 Å². The number of ether oxygens (including phenoxy) is 1. The average Bonchev–Trinajstić information content (AvgIpc) is 3.24. The lowest BCUT2D eigenvalue weighted by molar-refractivity contribution is 0.0534. The zero-order valence-corrected chi connectivity index (χ0v) is 21.4. The first-order chi connectivity index (χ1) is 17.6. The Labute approximate surface area is 219 Å². The van der Waals surface area contributed by atoms with Gasteiger partial charge in [-0.1, -0.05) is 34.4 Å². The monoisotopic (exact) mass is 534 g/mol. The second-order valence-electron chi connectivity index (χ2n) is 9.15. The number of aromatic nitrogens is 5. The van der Waals surface area contributed by atoms with Crippen LogP contribution in [-0.2, 0) is 11.3 Å². The van der Waals surface area contributed by atoms with Crippen LogP contribution in [-0.4, -0.2) is 76.0 Å². The van der Waals surface area contributed by atoms with E-state index >= 15 is 0 Å². The summed E-state index contributed by atoms with van der Waals surface area (Å²) in [7, 11) is 0. The van der Waals surface area contributed by atoms with E-state index in [9.17, 15) is 4.39 Å². The van der Waals surface area contributed by atoms with Crippen LogP contribution in [0.2, 0.25) is 10.0 Å². The van der Waals surface area contributed by atoms with Crippen molar-refractivity contribution in [2.24, 2.45) is 5.92 Å². The number of pyridine rings is 1. The Kier molecular flexibility index (Phi) is 8.15. The lowest BCUT2D eigenvalue weighted by atomic mass is 10.00. The van der Waals surface area contributed by atoms with Crippen LogP contribution in [0.3, 0.4) is 0 Å². The van der Waals surface area contributed by atoms with Crippen LogP contribution < -0.4 is 10.2 Å². The van der Waals surface area contributed by atoms with E-state index in [0.717, 1.165) is 82.5 Å². The molecule has 2 aliphatic rings. The van der Waals surface area contributed by atoms with Crippen LogP contribution in [0.15, 0.2) is 30.5 Å². The van der Waals surface area contributed by atoms with Crippen molar-refractivity contribution in [3.05, 3.63) is 51.9 Å². The second-order valence-corrected chi connectivity index (χ2v) is 9.90. The van der Waals surface area contributed by atoms with E-state index in [2.05, 4.69) is 36.7 Å². The third-order valence-electron chi connectivity index (χ3n) is 6.76. The molecule has 0 aliphatic carbocycles. The molecule has 0 unspecified atom stereocenters. The van der Waals surface area contributed by atoms with Gasteiger partial charge in [0.25, 0.3) is 0 Å². The number of halogens is 3. The molecule has 0 spiro atoms. The molecule has 192 valence electrons. The van der Waals surface area contributed by atoms with Crippen LogP contribution in [0.5, 0.6) is 0 Å². The quantitative estimate of drug-likeness (QED) is 0.454. The van der Waals surface area contributed by atoms with Crippen molar-refractivity contribution < 1.29 is 9.13 Å². The van der Waals surface area contributed by atoms with Crippen LogP contribution in [0.25, 0.3) is 5.69 Å². The molecule has 2 aliphatic heterocycles. The molecular weight excluding hydrogens is 506 g/mol. The molecule has 1 N–H and O–H groups in total. The molecule has 2 aromatic heterocycles. The number of hydrogen-bond acceptors (Lipinski definition) is 8. The Morgan fingerprint density at radius 1 is 1.06 bits per heavy atom. The fourth-order valence-corrected chi connectivity index (χ4v) is 5.22. The number of benzene rings is 1. The van der Waals surface area contributed by atoms with Gasteiger partial charge in [-0.3, -0.25) is 0 Å². The fraction of sp³-hybridized carbons (Fsp3) is 0.500. The van der Waals surface area contributed by atoms with Crippen molar-refractivity contribution in [3.8, 4) is 5.69 Å². The lowest BCUT2D eigenvalue weighted by Gasteiger charge is -2.29. The van der Waals surface area contributed by atoms with Gasteiger partial charge in [-0.25, -0.2) is 9.37 Å². The summed E-state index contributed by atoms with van der Waals surface area (Å²) in [5.74, 6) is 1.46. The van der Waals surface area contributed by atoms with Gasteiger partial charge in [-0.15, -0.1) is 0 Å². The average molecular weight is 535 g/mol. The predicted octanol–water partition coefficient (Wildman–Crippen LogP) is 4.05. The third-order valence-corrected chi connectivity index (χ3v) is 7.61. The van der Waals surface area contributed by atoms with Crippen LogP contribution in [0, 0.1) is 11.7 Å². The smallest absolute Gasteiger partial charge is 0.248 e. The van der Waals surface area contributed by atoms with E-state index in [1.54, 1.807) is 0 Å². The molecule has 3 aromatic rings. The number of rotatable bonds is 7. The summed E-state index contributed by atoms with van der Waals surface area (Å²) in [6.45, 7) is 7.37. The molecule has 0 saturated carbocycles. The fourth-order valence-electron chi connectivity index (χ4n) is 4.83. The summed E-state index contributed by atoms with van der Waals surface area (Å²) in [6.07, 6.45) is 5.23. The van der Waals surface area contributed by atoms with E-state index in [4.69, 9.17) is 32.9 Å². The van der Waals surface area contributed by atoms with Gasteiger partial charge in [-0.2, -0.15) is 4.68 Å². The summed E-state index contributed by atoms with van der Waals surface area (Å²) in [6, 6.07) is 6.70. The molecule has 2 fully saturated rings. The van der Waals surface area contributed by atoms with E-state index in [0.29, 0.717) is 18.2 Å². The molecule has 0 atom stereocenters. The molecule has 0 amide bonds. The number of nitrogens with one attached hydrogen (secondary N) is 1. The van der Waals surface area contributed by atoms with Gasteiger partial charge in [0.15, 0.2) is 0 Å². The Morgan fingerprint density at radius 3 is 2.78 bits per heavy atom. The highest BCUT2D eigenvalue weighted by atomic mass is 35.5. The highest BCUT2D eigenvalue weighted by Gasteiger charge is 2.22. The van der Waals surface area contributed by atoms with Gasteiger partial charge >= 0.3 is 0 Å². The van der Waals surface area contributed by atoms with E-state index in [1.165, 1.54) is 16.8 Å². The number of tetrazole rings is 1. The normalized spacial score (nSPS) is 17.8. The van der Waals surface area contributed by atoms with Crippen molar-refractivity contribution in [1.82, 2.24) is 30.1 Å². The molecule has 4 heterocycles. The number of anilines is 2. The summed E-state index contributed by atoms with van der Waals surface area (Å²) in [5, 5.41) is 15.0. The summed E-state index contributed by atoms with van der Waals surface area (Å²) >= 11 is 12.2. The second kappa shape index (κ2) is 11.7. The molecule has 36 heavy (non-hydrogen) atoms. The highest BCUT2D eigenvalue weighted by Crippen LogP contribution is 2.32. The summed E-state index contributed by atoms with van der Waals surface area (Å²) in [4.78, 5) is 9.66. The highest BCUT2D eigenvalue weighted by molar-refractivity contribution is 6.43. The third kappa shape index (κ3) is 5.72. The minimum Gasteiger partial charge on any atom is -0.381 e. The molecule has 5 rings (SSSR count). The Balaban J connectivity index is 1.26. The maximum atomic E-state index is 13.8. The van der Waals surface area contributed by atoms with E-state index in [-0.39, 0.29) is 10.0 Å². The first-order valence-corrected chi connectivity index (χ1v) is 13.0. The molecule has 2 saturated heterocycles. The summed E-state index contributed by atoms with van der Waals surface area (Å²) in [5.41, 5.74) is 1.42. The maximum Gasteiger partial charge on any atom is 0.248 e. The largest absolute Gasteiger partial charge is 0.381 e. The number of hydrogen-bond donors (Lipinski definition) is 1. The topological polar surface area (TPSA) is 84.2 Å². The minimum atomic E-state index is -0.600. The van der Waals surface area contributed by atoms with Gasteiger partial charge in [0.1, 0.15) is 11.6 Å². The van der Waals surface area contributed by atoms with Crippen molar-refractivity contribution in [3.63, 3.8) is 0 Å². The molecule has 0 bridgehead atoms. The standard InChI is InChI=1S/C24H29Cl2FN8O/c25-21-19(27)4-5-20(22(21)26)35-24(30-31-32-35)29-15-18-3-1-8-28-23(18)34-10-2-9-33(11-12-34)16-17-6-13-36-14-7-17/h1,3-5,8,17H,2,6-7,9-16H2,(H,29,30,32). The first-order valence-electron chi connectivity index (χ1n) is 12.2. The zero-order valence-electron chi connectivity index (χ0n) is 19.9. The maximum absolute atomic E-state index is 13.8. The molecular formula is C24H29Cl2FN8O. The van der Waals surface area contributed by atoms with E-state index in [1.807, 2.05) is 12.3 Å². The molecule has 0 radical (unpaired) electrons. The lowest BCUT2D eigenvalue weighted by Crippen LogP contribution is -2.36. The Hall–Kier alpha value is -2.53. The van der Waals surface area contributed by atoms with Crippen LogP contribution >= 0.6 is 23.2 Å². The molecule has 12 heteroatoms. The van der Waals surface area contributed by atoms with Crippen molar-refractivity contribution in [1.29, 1.82) is 0 Å². The van der Waals surface area contributed by atoms with Gasteiger partial charge in [-0.05, 0) is 60.4 Å². The van der Waals surface area contributed by atoms with Gasteiger partial charge in [0, 0.05) is 57.7 Å². The van der Waals surface area contributed by atoms with Gasteiger partial charge in [0.05, 0.1) is 15.7 Å². The van der Waals surface area contributed by atoms with Gasteiger partial charge < -0.3 is 19.9 Å². The van der Waals surface area contributed by atoms with Crippen molar-refractivity contribution in [2.75, 3.05) is 56.2 Å². The van der Waals surface area contributed by atoms with E-state index < -0.39 is 5.82 Å². The Bertz CT molecular complexity index is 1170. The van der Waals surface area contributed by atoms with Crippen LogP contribution in [0.4, 0.5) is 16.2 Å². The van der Waals surface area contributed by atoms with Gasteiger partial charge in [0.2, 0.25) is 5.95 Å². The first kappa shape index (κ1) is 25.1. The summed E-state index contributed by atoms with van der Waals surface area (Å²) < 4.78 is 20.7. The molecule has 9 nitrogen and oxygen atoms in total. The SMILES string of the molecule is Fc1ccc(-n2nnnc2NCc2cccnc2N2CCCN(CC3CCOCC3)CC2)c(Cl)c1Cl.